The Bertz CT molecular complexity index is 595. The van der Waals surface area contributed by atoms with Crippen molar-refractivity contribution in [1.82, 2.24) is 21.3 Å². The number of amides is 2. The van der Waals surface area contributed by atoms with Gasteiger partial charge in [-0.15, -0.1) is 0 Å². The highest BCUT2D eigenvalue weighted by Gasteiger charge is 2.25. The first-order valence-electron chi connectivity index (χ1n) is 8.42. The largest absolute Gasteiger partial charge is 0.469 e. The zero-order chi connectivity index (χ0) is 18.2. The second-order valence-corrected chi connectivity index (χ2v) is 6.20. The number of anilines is 1. The summed E-state index contributed by atoms with van der Waals surface area (Å²) in [5, 5.41) is 15.4. The van der Waals surface area contributed by atoms with Crippen LogP contribution in [0.3, 0.4) is 0 Å². The number of urea groups is 1. The second kappa shape index (κ2) is 9.36. The van der Waals surface area contributed by atoms with E-state index in [1.54, 1.807) is 0 Å². The molecule has 138 valence electrons. The predicted octanol–water partition coefficient (Wildman–Crippen LogP) is 0.850. The first kappa shape index (κ1) is 19.2. The van der Waals surface area contributed by atoms with Crippen LogP contribution >= 0.6 is 0 Å². The van der Waals surface area contributed by atoms with Gasteiger partial charge in [0.15, 0.2) is 0 Å². The number of benzene rings is 1. The third-order valence-corrected chi connectivity index (χ3v) is 3.91. The molecule has 0 saturated carbocycles. The van der Waals surface area contributed by atoms with Crippen molar-refractivity contribution in [2.75, 3.05) is 19.0 Å². The molecule has 2 amide bonds. The molecule has 0 aliphatic carbocycles. The van der Waals surface area contributed by atoms with Crippen molar-refractivity contribution in [3.63, 3.8) is 0 Å². The highest BCUT2D eigenvalue weighted by atomic mass is 16.5. The lowest BCUT2D eigenvalue weighted by Crippen LogP contribution is -2.67. The number of ether oxygens (including phenoxy) is 1. The number of carbonyl (C=O) groups is 2. The summed E-state index contributed by atoms with van der Waals surface area (Å²) >= 11 is 0. The molecular formula is C17H27N5O3. The summed E-state index contributed by atoms with van der Waals surface area (Å²) in [5.41, 5.74) is 1.82. The van der Waals surface area contributed by atoms with Crippen molar-refractivity contribution < 1.29 is 14.3 Å². The number of hydrogen-bond donors (Lipinski definition) is 5. The minimum atomic E-state index is -0.371. The first-order valence-corrected chi connectivity index (χ1v) is 8.42. The Balaban J connectivity index is 1.80. The lowest BCUT2D eigenvalue weighted by atomic mass is 10.1. The highest BCUT2D eigenvalue weighted by molar-refractivity contribution is 5.89. The van der Waals surface area contributed by atoms with Gasteiger partial charge in [0.05, 0.1) is 19.7 Å². The average molecular weight is 349 g/mol. The number of rotatable bonds is 6. The topological polar surface area (TPSA) is 104 Å². The van der Waals surface area contributed by atoms with Gasteiger partial charge in [-0.3, -0.25) is 15.4 Å². The van der Waals surface area contributed by atoms with Crippen LogP contribution in [0.25, 0.3) is 0 Å². The van der Waals surface area contributed by atoms with Gasteiger partial charge in [-0.05, 0) is 38.0 Å². The molecule has 1 saturated heterocycles. The summed E-state index contributed by atoms with van der Waals surface area (Å²) < 4.78 is 4.62. The summed E-state index contributed by atoms with van der Waals surface area (Å²) in [7, 11) is 1.37. The highest BCUT2D eigenvalue weighted by Crippen LogP contribution is 2.09. The fourth-order valence-electron chi connectivity index (χ4n) is 2.72. The smallest absolute Gasteiger partial charge is 0.321 e. The summed E-state index contributed by atoms with van der Waals surface area (Å²) in [5.74, 6) is -0.248. The molecule has 8 heteroatoms. The van der Waals surface area contributed by atoms with Crippen molar-refractivity contribution in [2.24, 2.45) is 0 Å². The van der Waals surface area contributed by atoms with Crippen LogP contribution in [0.15, 0.2) is 24.3 Å². The maximum Gasteiger partial charge on any atom is 0.321 e. The van der Waals surface area contributed by atoms with Gasteiger partial charge < -0.3 is 20.7 Å². The van der Waals surface area contributed by atoms with Crippen LogP contribution in [-0.2, 0) is 9.53 Å². The van der Waals surface area contributed by atoms with Gasteiger partial charge >= 0.3 is 12.0 Å². The molecule has 2 rings (SSSR count). The van der Waals surface area contributed by atoms with Crippen LogP contribution in [0.2, 0.25) is 0 Å². The van der Waals surface area contributed by atoms with E-state index in [4.69, 9.17) is 0 Å². The molecule has 3 unspecified atom stereocenters. The molecule has 1 aromatic carbocycles. The molecule has 25 heavy (non-hydrogen) atoms. The van der Waals surface area contributed by atoms with Crippen LogP contribution in [0, 0.1) is 6.92 Å². The van der Waals surface area contributed by atoms with Crippen molar-refractivity contribution in [3.05, 3.63) is 29.8 Å². The average Bonchev–Trinajstić information content (AvgIpc) is 2.54. The zero-order valence-corrected chi connectivity index (χ0v) is 14.9. The SMILES string of the molecule is COC(=O)CCNC1CC(C)NC(NC(=O)Nc2cccc(C)c2)N1. The summed E-state index contributed by atoms with van der Waals surface area (Å²) in [6.45, 7) is 4.53. The van der Waals surface area contributed by atoms with Crippen molar-refractivity contribution in [1.29, 1.82) is 0 Å². The van der Waals surface area contributed by atoms with E-state index in [1.807, 2.05) is 38.1 Å². The Morgan fingerprint density at radius 3 is 2.84 bits per heavy atom. The van der Waals surface area contributed by atoms with E-state index in [0.29, 0.717) is 13.0 Å². The van der Waals surface area contributed by atoms with Gasteiger partial charge in [0.2, 0.25) is 0 Å². The van der Waals surface area contributed by atoms with E-state index in [-0.39, 0.29) is 30.5 Å². The maximum absolute atomic E-state index is 12.2. The molecule has 1 aromatic rings. The third-order valence-electron chi connectivity index (χ3n) is 3.91. The Kier molecular flexibility index (Phi) is 7.17. The quantitative estimate of drug-likeness (QED) is 0.488. The van der Waals surface area contributed by atoms with Crippen molar-refractivity contribution in [3.8, 4) is 0 Å². The lowest BCUT2D eigenvalue weighted by molar-refractivity contribution is -0.140. The van der Waals surface area contributed by atoms with Crippen LogP contribution < -0.4 is 26.6 Å². The molecule has 1 heterocycles. The second-order valence-electron chi connectivity index (χ2n) is 6.20. The van der Waals surface area contributed by atoms with Crippen LogP contribution in [0.5, 0.6) is 0 Å². The lowest BCUT2D eigenvalue weighted by Gasteiger charge is -2.36. The fraction of sp³-hybridized carbons (Fsp3) is 0.529. The van der Waals surface area contributed by atoms with E-state index in [1.165, 1.54) is 7.11 Å². The first-order chi connectivity index (χ1) is 12.0. The molecular weight excluding hydrogens is 322 g/mol. The van der Waals surface area contributed by atoms with Gasteiger partial charge in [0.25, 0.3) is 0 Å². The van der Waals surface area contributed by atoms with Gasteiger partial charge in [-0.25, -0.2) is 4.79 Å². The van der Waals surface area contributed by atoms with Crippen molar-refractivity contribution in [2.45, 2.75) is 45.2 Å². The van der Waals surface area contributed by atoms with Crippen LogP contribution in [0.1, 0.15) is 25.3 Å². The minimum absolute atomic E-state index is 0.00910. The number of nitrogens with one attached hydrogen (secondary N) is 5. The molecule has 0 aromatic heterocycles. The van der Waals surface area contributed by atoms with Gasteiger partial charge in [0.1, 0.15) is 6.29 Å². The standard InChI is InChI=1S/C17H27N5O3/c1-11-5-4-6-13(9-11)20-17(24)22-16-19-12(2)10-14(21-16)18-8-7-15(23)25-3/h4-6,9,12,14,16,18-19,21H,7-8,10H2,1-3H3,(H2,20,22,24). The maximum atomic E-state index is 12.2. The minimum Gasteiger partial charge on any atom is -0.469 e. The number of hydrogen-bond acceptors (Lipinski definition) is 6. The van der Waals surface area contributed by atoms with E-state index >= 15 is 0 Å². The van der Waals surface area contributed by atoms with Gasteiger partial charge in [0, 0.05) is 18.3 Å². The predicted molar refractivity (Wildman–Crippen MR) is 95.9 cm³/mol. The van der Waals surface area contributed by atoms with Crippen molar-refractivity contribution >= 4 is 17.7 Å². The summed E-state index contributed by atoms with van der Waals surface area (Å²) in [6, 6.07) is 7.53. The van der Waals surface area contributed by atoms with Crippen LogP contribution in [0.4, 0.5) is 10.5 Å². The van der Waals surface area contributed by atoms with E-state index in [9.17, 15) is 9.59 Å². The monoisotopic (exact) mass is 349 g/mol. The summed E-state index contributed by atoms with van der Waals surface area (Å²) in [4.78, 5) is 23.3. The molecule has 1 aliphatic rings. The molecule has 1 fully saturated rings. The zero-order valence-electron chi connectivity index (χ0n) is 14.9. The van der Waals surface area contributed by atoms with Gasteiger partial charge in [-0.1, -0.05) is 12.1 Å². The number of carbonyl (C=O) groups excluding carboxylic acids is 2. The Morgan fingerprint density at radius 2 is 2.12 bits per heavy atom. The number of methoxy groups -OCH3 is 1. The molecule has 0 bridgehead atoms. The Morgan fingerprint density at radius 1 is 1.32 bits per heavy atom. The Hall–Kier alpha value is -2.16. The number of esters is 1. The molecule has 8 nitrogen and oxygen atoms in total. The van der Waals surface area contributed by atoms with E-state index in [0.717, 1.165) is 17.7 Å². The van der Waals surface area contributed by atoms with Crippen LogP contribution in [-0.4, -0.2) is 44.2 Å². The normalized spacial score (nSPS) is 22.9. The summed E-state index contributed by atoms with van der Waals surface area (Å²) in [6.07, 6.45) is 0.760. The molecule has 1 aliphatic heterocycles. The molecule has 3 atom stereocenters. The third kappa shape index (κ3) is 6.69. The van der Waals surface area contributed by atoms with E-state index < -0.39 is 0 Å². The molecule has 5 N–H and O–H groups in total. The fourth-order valence-corrected chi connectivity index (χ4v) is 2.72. The Labute approximate surface area is 148 Å². The van der Waals surface area contributed by atoms with Gasteiger partial charge in [-0.2, -0.15) is 0 Å². The molecule has 0 radical (unpaired) electrons. The number of aryl methyl sites for hydroxylation is 1. The van der Waals surface area contributed by atoms with E-state index in [2.05, 4.69) is 31.3 Å². The molecule has 0 spiro atoms.